The summed E-state index contributed by atoms with van der Waals surface area (Å²) in [5, 5.41) is 0. The van der Waals surface area contributed by atoms with Crippen molar-refractivity contribution in [1.82, 2.24) is 0 Å². The lowest BCUT2D eigenvalue weighted by atomic mass is 9.98. The Kier molecular flexibility index (Phi) is 31.8. The molecule has 0 aromatic heterocycles. The average molecular weight is 561 g/mol. The predicted octanol–water partition coefficient (Wildman–Crippen LogP) is 15.5. The molecule has 240 valence electrons. The maximum atomic E-state index is 2.31. The molecule has 1 rings (SSSR count). The van der Waals surface area contributed by atoms with E-state index >= 15 is 0 Å². The minimum atomic E-state index is 1.11. The normalized spacial score (nSPS) is 14.0. The van der Waals surface area contributed by atoms with Crippen LogP contribution in [-0.2, 0) is 0 Å². The van der Waals surface area contributed by atoms with Gasteiger partial charge in [0.1, 0.15) is 0 Å². The van der Waals surface area contributed by atoms with E-state index in [4.69, 9.17) is 0 Å². The van der Waals surface area contributed by atoms with Gasteiger partial charge in [-0.3, -0.25) is 0 Å². The van der Waals surface area contributed by atoms with Crippen LogP contribution in [0.2, 0.25) is 0 Å². The molecule has 0 N–H and O–H groups in total. The predicted molar refractivity (Wildman–Crippen MR) is 185 cm³/mol. The van der Waals surface area contributed by atoms with Gasteiger partial charge in [-0.15, -0.1) is 0 Å². The van der Waals surface area contributed by atoms with Crippen LogP contribution >= 0.6 is 0 Å². The Morgan fingerprint density at radius 2 is 0.475 bits per heavy atom. The summed E-state index contributed by atoms with van der Waals surface area (Å²) in [6.07, 6.45) is 56.9. The first kappa shape index (κ1) is 38.0. The van der Waals surface area contributed by atoms with E-state index in [2.05, 4.69) is 6.92 Å². The fourth-order valence-electron chi connectivity index (χ4n) is 7.29. The summed E-state index contributed by atoms with van der Waals surface area (Å²) in [4.78, 5) is 0. The molecular weight excluding hydrogens is 480 g/mol. The summed E-state index contributed by atoms with van der Waals surface area (Å²) in [7, 11) is 0. The zero-order valence-corrected chi connectivity index (χ0v) is 28.4. The average Bonchev–Trinajstić information content (AvgIpc) is 3.49. The van der Waals surface area contributed by atoms with Crippen molar-refractivity contribution in [2.24, 2.45) is 5.92 Å². The summed E-state index contributed by atoms with van der Waals surface area (Å²) in [5.41, 5.74) is 0. The summed E-state index contributed by atoms with van der Waals surface area (Å²) < 4.78 is 0. The van der Waals surface area contributed by atoms with Crippen LogP contribution in [0.15, 0.2) is 0 Å². The molecule has 0 aromatic carbocycles. The van der Waals surface area contributed by atoms with Gasteiger partial charge in [0.25, 0.3) is 0 Å². The monoisotopic (exact) mass is 561 g/mol. The molecule has 0 amide bonds. The van der Waals surface area contributed by atoms with Crippen molar-refractivity contribution >= 4 is 0 Å². The van der Waals surface area contributed by atoms with Gasteiger partial charge in [0.05, 0.1) is 0 Å². The molecule has 0 bridgehead atoms. The zero-order valence-electron chi connectivity index (χ0n) is 28.4. The Hall–Kier alpha value is 0. The third-order valence-corrected chi connectivity index (χ3v) is 10.2. The molecule has 0 saturated heterocycles. The molecule has 1 fully saturated rings. The van der Waals surface area contributed by atoms with Crippen molar-refractivity contribution in [2.75, 3.05) is 0 Å². The van der Waals surface area contributed by atoms with E-state index in [1.54, 1.807) is 19.3 Å². The van der Waals surface area contributed by atoms with Gasteiger partial charge < -0.3 is 0 Å². The van der Waals surface area contributed by atoms with Crippen LogP contribution in [-0.4, -0.2) is 0 Å². The Morgan fingerprint density at radius 1 is 0.275 bits per heavy atom. The highest BCUT2D eigenvalue weighted by atomic mass is 14.2. The van der Waals surface area contributed by atoms with Gasteiger partial charge in [0, 0.05) is 0 Å². The lowest BCUT2D eigenvalue weighted by molar-refractivity contribution is 0.459. The molecule has 0 heterocycles. The Balaban J connectivity index is 1.59. The molecule has 0 radical (unpaired) electrons. The third kappa shape index (κ3) is 29.5. The van der Waals surface area contributed by atoms with Gasteiger partial charge in [-0.05, 0) is 5.92 Å². The van der Waals surface area contributed by atoms with E-state index in [0.29, 0.717) is 0 Å². The minimum absolute atomic E-state index is 1.11. The van der Waals surface area contributed by atoms with Crippen LogP contribution in [0.5, 0.6) is 0 Å². The molecule has 0 nitrogen and oxygen atoms in total. The summed E-state index contributed by atoms with van der Waals surface area (Å²) in [5.74, 6) is 1.11. The van der Waals surface area contributed by atoms with Crippen molar-refractivity contribution in [1.29, 1.82) is 0 Å². The molecule has 1 saturated carbocycles. The van der Waals surface area contributed by atoms with E-state index in [-0.39, 0.29) is 0 Å². The molecule has 40 heavy (non-hydrogen) atoms. The lowest BCUT2D eigenvalue weighted by Crippen LogP contribution is -1.92. The molecule has 0 heteroatoms. The van der Waals surface area contributed by atoms with E-state index in [9.17, 15) is 0 Å². The highest BCUT2D eigenvalue weighted by Crippen LogP contribution is 2.29. The maximum absolute atomic E-state index is 2.31. The highest BCUT2D eigenvalue weighted by molar-refractivity contribution is 4.67. The second-order valence-corrected chi connectivity index (χ2v) is 14.3. The van der Waals surface area contributed by atoms with Crippen LogP contribution in [0.3, 0.4) is 0 Å². The second kappa shape index (κ2) is 33.5. The van der Waals surface area contributed by atoms with Gasteiger partial charge in [-0.2, -0.15) is 0 Å². The molecular formula is C40H80. The Morgan fingerprint density at radius 3 is 0.700 bits per heavy atom. The van der Waals surface area contributed by atoms with Crippen LogP contribution in [0.25, 0.3) is 0 Å². The van der Waals surface area contributed by atoms with Gasteiger partial charge in [0.15, 0.2) is 0 Å². The first-order valence-electron chi connectivity index (χ1n) is 19.9. The summed E-state index contributed by atoms with van der Waals surface area (Å²) in [6, 6.07) is 0. The van der Waals surface area contributed by atoms with Crippen LogP contribution in [0.1, 0.15) is 251 Å². The standard InChI is InChI=1S/C40H80/c1-2-3-4-5-6-7-8-9-10-11-12-13-14-15-16-17-18-19-20-21-22-23-24-25-26-27-28-29-30-31-32-33-34-37-40-38-35-36-39-40/h40H,2-39H2,1H3. The number of hydrogen-bond acceptors (Lipinski definition) is 0. The minimum Gasteiger partial charge on any atom is -0.0654 e. The first-order chi connectivity index (χ1) is 19.9. The van der Waals surface area contributed by atoms with Crippen LogP contribution in [0.4, 0.5) is 0 Å². The summed E-state index contributed by atoms with van der Waals surface area (Å²) >= 11 is 0. The van der Waals surface area contributed by atoms with E-state index in [0.717, 1.165) is 5.92 Å². The second-order valence-electron chi connectivity index (χ2n) is 14.3. The molecule has 1 aliphatic carbocycles. The Labute approximate surface area is 256 Å². The van der Waals surface area contributed by atoms with Gasteiger partial charge in [0.2, 0.25) is 0 Å². The molecule has 1 aliphatic rings. The molecule has 0 aromatic rings. The van der Waals surface area contributed by atoms with Gasteiger partial charge in [-0.1, -0.05) is 251 Å². The SMILES string of the molecule is CCCCCCCCCCCCCCCCCCCCCCCCCCCCCCCCCCCC1CCCC1. The number of rotatable bonds is 34. The smallest absolute Gasteiger partial charge is 0.0414 e. The van der Waals surface area contributed by atoms with Crippen LogP contribution < -0.4 is 0 Å². The molecule has 0 aliphatic heterocycles. The highest BCUT2D eigenvalue weighted by Gasteiger charge is 2.13. The largest absolute Gasteiger partial charge is 0.0654 e. The van der Waals surface area contributed by atoms with Crippen molar-refractivity contribution in [3.05, 3.63) is 0 Å². The maximum Gasteiger partial charge on any atom is -0.0414 e. The van der Waals surface area contributed by atoms with Gasteiger partial charge in [-0.25, -0.2) is 0 Å². The summed E-state index contributed by atoms with van der Waals surface area (Å²) in [6.45, 7) is 2.31. The van der Waals surface area contributed by atoms with E-state index < -0.39 is 0 Å². The van der Waals surface area contributed by atoms with Crippen molar-refractivity contribution in [3.63, 3.8) is 0 Å². The number of hydrogen-bond donors (Lipinski definition) is 0. The molecule has 0 unspecified atom stereocenters. The fourth-order valence-corrected chi connectivity index (χ4v) is 7.29. The van der Waals surface area contributed by atoms with Crippen molar-refractivity contribution in [2.45, 2.75) is 251 Å². The van der Waals surface area contributed by atoms with Crippen molar-refractivity contribution in [3.8, 4) is 0 Å². The van der Waals surface area contributed by atoms with Crippen molar-refractivity contribution < 1.29 is 0 Å². The van der Waals surface area contributed by atoms with E-state index in [1.165, 1.54) is 225 Å². The fraction of sp³-hybridized carbons (Fsp3) is 1.00. The Bertz CT molecular complexity index is 433. The quantitative estimate of drug-likeness (QED) is 0.0686. The van der Waals surface area contributed by atoms with E-state index in [1.807, 2.05) is 0 Å². The first-order valence-corrected chi connectivity index (χ1v) is 19.9. The molecule has 0 spiro atoms. The van der Waals surface area contributed by atoms with Crippen LogP contribution in [0, 0.1) is 5.92 Å². The topological polar surface area (TPSA) is 0 Å². The lowest BCUT2D eigenvalue weighted by Gasteiger charge is -2.08. The van der Waals surface area contributed by atoms with Gasteiger partial charge >= 0.3 is 0 Å². The third-order valence-electron chi connectivity index (χ3n) is 10.2. The molecule has 0 atom stereocenters. The zero-order chi connectivity index (χ0) is 28.4. The number of unbranched alkanes of at least 4 members (excludes halogenated alkanes) is 32.